The lowest BCUT2D eigenvalue weighted by molar-refractivity contribution is -0.197. The lowest BCUT2D eigenvalue weighted by Gasteiger charge is -2.68. The molecule has 0 aromatic heterocycles. The molecule has 0 radical (unpaired) electrons. The summed E-state index contributed by atoms with van der Waals surface area (Å²) in [5, 5.41) is 0. The molecular formula is C22H34O. The second-order valence-corrected chi connectivity index (χ2v) is 10.4. The van der Waals surface area contributed by atoms with E-state index in [-0.39, 0.29) is 5.41 Å². The summed E-state index contributed by atoms with van der Waals surface area (Å²) in [4.78, 5) is 12.6. The number of carbonyl (C=O) groups is 1. The van der Waals surface area contributed by atoms with Crippen LogP contribution >= 0.6 is 0 Å². The minimum Gasteiger partial charge on any atom is -0.299 e. The van der Waals surface area contributed by atoms with Crippen LogP contribution in [0.5, 0.6) is 0 Å². The first kappa shape index (κ1) is 15.9. The van der Waals surface area contributed by atoms with Crippen molar-refractivity contribution in [3.05, 3.63) is 12.2 Å². The van der Waals surface area contributed by atoms with Gasteiger partial charge in [0.25, 0.3) is 0 Å². The van der Waals surface area contributed by atoms with Crippen molar-refractivity contribution >= 4 is 5.78 Å². The average Bonchev–Trinajstić information content (AvgIpc) is 2.86. The zero-order valence-corrected chi connectivity index (χ0v) is 15.7. The van der Waals surface area contributed by atoms with Crippen LogP contribution in [0.25, 0.3) is 0 Å². The quantitative estimate of drug-likeness (QED) is 0.517. The van der Waals surface area contributed by atoms with Gasteiger partial charge in [-0.3, -0.25) is 4.79 Å². The van der Waals surface area contributed by atoms with Gasteiger partial charge in [-0.25, -0.2) is 0 Å². The van der Waals surface area contributed by atoms with Gasteiger partial charge in [0.05, 0.1) is 0 Å². The van der Waals surface area contributed by atoms with E-state index in [2.05, 4.69) is 46.8 Å². The predicted molar refractivity (Wildman–Crippen MR) is 95.0 cm³/mol. The first-order valence-corrected chi connectivity index (χ1v) is 9.86. The van der Waals surface area contributed by atoms with Gasteiger partial charge in [-0.2, -0.15) is 0 Å². The van der Waals surface area contributed by atoms with Crippen LogP contribution in [-0.2, 0) is 4.79 Å². The molecule has 4 rings (SSSR count). The van der Waals surface area contributed by atoms with Gasteiger partial charge in [-0.1, -0.05) is 46.8 Å². The molecule has 128 valence electrons. The molecule has 1 heteroatoms. The molecule has 4 aliphatic rings. The van der Waals surface area contributed by atoms with E-state index in [1.807, 2.05) is 0 Å². The fraction of sp³-hybridized carbons (Fsp3) is 0.864. The van der Waals surface area contributed by atoms with Gasteiger partial charge in [0.15, 0.2) is 0 Å². The van der Waals surface area contributed by atoms with E-state index in [1.54, 1.807) is 0 Å². The molecule has 1 nitrogen and oxygen atoms in total. The summed E-state index contributed by atoms with van der Waals surface area (Å²) in [7, 11) is 0. The van der Waals surface area contributed by atoms with Gasteiger partial charge >= 0.3 is 0 Å². The van der Waals surface area contributed by atoms with E-state index in [1.165, 1.54) is 32.1 Å². The van der Waals surface area contributed by atoms with E-state index < -0.39 is 0 Å². The number of ketones is 1. The molecule has 0 saturated heterocycles. The Labute approximate surface area is 142 Å². The summed E-state index contributed by atoms with van der Waals surface area (Å²) in [5.74, 6) is 2.69. The largest absolute Gasteiger partial charge is 0.299 e. The highest BCUT2D eigenvalue weighted by Gasteiger charge is 2.66. The highest BCUT2D eigenvalue weighted by molar-refractivity contribution is 5.85. The van der Waals surface area contributed by atoms with Crippen LogP contribution in [-0.4, -0.2) is 5.78 Å². The number of allylic oxidation sites excluding steroid dienone is 2. The van der Waals surface area contributed by atoms with Gasteiger partial charge < -0.3 is 0 Å². The number of Topliss-reactive ketones (excluding diaryl/α,β-unsaturated/α-hetero) is 1. The minimum absolute atomic E-state index is 0.111. The van der Waals surface area contributed by atoms with E-state index >= 15 is 0 Å². The average molecular weight is 315 g/mol. The molecule has 3 saturated carbocycles. The normalized spacial score (nSPS) is 54.3. The summed E-state index contributed by atoms with van der Waals surface area (Å²) >= 11 is 0. The van der Waals surface area contributed by atoms with Crippen LogP contribution in [0, 0.1) is 39.4 Å². The lowest BCUT2D eigenvalue weighted by atomic mass is 9.36. The third kappa shape index (κ3) is 1.72. The van der Waals surface area contributed by atoms with Crippen LogP contribution in [0.3, 0.4) is 0 Å². The molecule has 6 atom stereocenters. The molecular weight excluding hydrogens is 280 g/mol. The minimum atomic E-state index is -0.111. The van der Waals surface area contributed by atoms with Crippen LogP contribution in [0.15, 0.2) is 12.2 Å². The van der Waals surface area contributed by atoms with Crippen LogP contribution in [0.1, 0.15) is 79.6 Å². The number of fused-ring (bicyclic) bond motifs is 5. The second kappa shape index (κ2) is 4.52. The molecule has 0 aromatic carbocycles. The van der Waals surface area contributed by atoms with Gasteiger partial charge in [0, 0.05) is 11.8 Å². The van der Waals surface area contributed by atoms with Gasteiger partial charge in [-0.05, 0) is 72.5 Å². The Bertz CT molecular complexity index is 573. The Hall–Kier alpha value is -0.590. The molecule has 0 spiro atoms. The van der Waals surface area contributed by atoms with Crippen molar-refractivity contribution in [3.8, 4) is 0 Å². The Morgan fingerprint density at radius 2 is 1.65 bits per heavy atom. The SMILES string of the molecule is CC1(C)C(=O)CC[C@@]2(C)[C@H]1CCC1(C)[C@@H]2CC[C@@H]2C=CCC21C. The molecule has 0 N–H and O–H groups in total. The summed E-state index contributed by atoms with van der Waals surface area (Å²) in [6.07, 6.45) is 13.5. The maximum atomic E-state index is 12.6. The van der Waals surface area contributed by atoms with E-state index in [0.29, 0.717) is 27.9 Å². The highest BCUT2D eigenvalue weighted by Crippen LogP contribution is 2.73. The van der Waals surface area contributed by atoms with Crippen molar-refractivity contribution in [2.24, 2.45) is 39.4 Å². The zero-order valence-electron chi connectivity index (χ0n) is 15.7. The Kier molecular flexibility index (Phi) is 3.13. The molecule has 0 amide bonds. The lowest BCUT2D eigenvalue weighted by Crippen LogP contribution is -2.63. The Morgan fingerprint density at radius 1 is 0.913 bits per heavy atom. The molecule has 0 bridgehead atoms. The summed E-state index contributed by atoms with van der Waals surface area (Å²) in [5.41, 5.74) is 1.15. The van der Waals surface area contributed by atoms with E-state index in [0.717, 1.165) is 24.7 Å². The fourth-order valence-electron chi connectivity index (χ4n) is 7.94. The third-order valence-corrected chi connectivity index (χ3v) is 9.59. The molecule has 3 fully saturated rings. The van der Waals surface area contributed by atoms with Gasteiger partial charge in [0.2, 0.25) is 0 Å². The molecule has 4 aliphatic carbocycles. The maximum Gasteiger partial charge on any atom is 0.138 e. The maximum absolute atomic E-state index is 12.6. The first-order chi connectivity index (χ1) is 10.7. The smallest absolute Gasteiger partial charge is 0.138 e. The van der Waals surface area contributed by atoms with Crippen LogP contribution in [0.2, 0.25) is 0 Å². The van der Waals surface area contributed by atoms with Crippen molar-refractivity contribution in [3.63, 3.8) is 0 Å². The predicted octanol–water partition coefficient (Wildman–Crippen LogP) is 5.79. The summed E-state index contributed by atoms with van der Waals surface area (Å²) < 4.78 is 0. The van der Waals surface area contributed by atoms with Gasteiger partial charge in [0.1, 0.15) is 5.78 Å². The van der Waals surface area contributed by atoms with Crippen molar-refractivity contribution in [2.75, 3.05) is 0 Å². The first-order valence-electron chi connectivity index (χ1n) is 9.86. The summed E-state index contributed by atoms with van der Waals surface area (Å²) in [6.45, 7) is 12.2. The topological polar surface area (TPSA) is 17.1 Å². The van der Waals surface area contributed by atoms with E-state index in [9.17, 15) is 4.79 Å². The zero-order chi connectivity index (χ0) is 16.7. The molecule has 0 aromatic rings. The van der Waals surface area contributed by atoms with Gasteiger partial charge in [-0.15, -0.1) is 0 Å². The molecule has 0 heterocycles. The van der Waals surface area contributed by atoms with Crippen molar-refractivity contribution in [1.29, 1.82) is 0 Å². The fourth-order valence-corrected chi connectivity index (χ4v) is 7.94. The number of carbonyl (C=O) groups excluding carboxylic acids is 1. The standard InChI is InChI=1S/C22H34O/c1-19(2)16-10-14-22(5)17(20(16,3)13-11-18(19)23)9-8-15-7-6-12-21(15,22)4/h6-7,15-17H,8-14H2,1-5H3/t15-,16-,17+,20-,21?,22?/m0/s1. The molecule has 0 aliphatic heterocycles. The molecule has 23 heavy (non-hydrogen) atoms. The number of hydrogen-bond acceptors (Lipinski definition) is 1. The molecule has 2 unspecified atom stereocenters. The monoisotopic (exact) mass is 314 g/mol. The summed E-state index contributed by atoms with van der Waals surface area (Å²) in [6, 6.07) is 0. The van der Waals surface area contributed by atoms with Crippen molar-refractivity contribution in [1.82, 2.24) is 0 Å². The highest BCUT2D eigenvalue weighted by atomic mass is 16.1. The van der Waals surface area contributed by atoms with Crippen LogP contribution < -0.4 is 0 Å². The second-order valence-electron chi connectivity index (χ2n) is 10.4. The van der Waals surface area contributed by atoms with Crippen LogP contribution in [0.4, 0.5) is 0 Å². The Morgan fingerprint density at radius 3 is 2.39 bits per heavy atom. The number of hydrogen-bond donors (Lipinski definition) is 0. The van der Waals surface area contributed by atoms with Crippen molar-refractivity contribution in [2.45, 2.75) is 79.6 Å². The third-order valence-electron chi connectivity index (χ3n) is 9.59. The Balaban J connectivity index is 1.77. The van der Waals surface area contributed by atoms with E-state index in [4.69, 9.17) is 0 Å². The van der Waals surface area contributed by atoms with Crippen molar-refractivity contribution < 1.29 is 4.79 Å². The number of rotatable bonds is 0.